The number of pyridine rings is 1. The number of nitrogens with two attached hydrogens (primary N) is 1. The van der Waals surface area contributed by atoms with E-state index in [0.717, 1.165) is 22.6 Å². The summed E-state index contributed by atoms with van der Waals surface area (Å²) in [5.41, 5.74) is 12.8. The first-order valence-electron chi connectivity index (χ1n) is 6.39. The van der Waals surface area contributed by atoms with Crippen LogP contribution in [0.2, 0.25) is 0 Å². The second-order valence-corrected chi connectivity index (χ2v) is 4.95. The summed E-state index contributed by atoms with van der Waals surface area (Å²) in [4.78, 5) is 4.68. The van der Waals surface area contributed by atoms with Crippen molar-refractivity contribution >= 4 is 11.5 Å². The molecule has 2 heterocycles. The Morgan fingerprint density at radius 2 is 1.74 bits per heavy atom. The number of nitrogen functional groups attached to an aromatic ring is 1. The highest BCUT2D eigenvalue weighted by Crippen LogP contribution is 2.30. The number of fused-ring (bicyclic) bond motifs is 1. The zero-order valence-electron chi connectivity index (χ0n) is 11.4. The number of hydrogen-bond donors (Lipinski definition) is 1. The number of aryl methyl sites for hydroxylation is 2. The highest BCUT2D eigenvalue weighted by Gasteiger charge is 2.14. The van der Waals surface area contributed by atoms with Crippen molar-refractivity contribution in [1.29, 1.82) is 0 Å². The van der Waals surface area contributed by atoms with Crippen LogP contribution in [0.4, 0.5) is 5.82 Å². The van der Waals surface area contributed by atoms with E-state index in [2.05, 4.69) is 31.0 Å². The van der Waals surface area contributed by atoms with Gasteiger partial charge in [-0.3, -0.25) is 4.40 Å². The maximum absolute atomic E-state index is 6.29. The minimum absolute atomic E-state index is 0.710. The summed E-state index contributed by atoms with van der Waals surface area (Å²) in [5, 5.41) is 0. The van der Waals surface area contributed by atoms with E-state index in [1.54, 1.807) is 0 Å². The number of nitrogens with zero attached hydrogens (tertiary/aromatic N) is 2. The average molecular weight is 251 g/mol. The van der Waals surface area contributed by atoms with Crippen molar-refractivity contribution < 1.29 is 0 Å². The number of aromatic nitrogens is 2. The van der Waals surface area contributed by atoms with Gasteiger partial charge in [0.05, 0.1) is 0 Å². The molecule has 0 saturated heterocycles. The number of benzene rings is 1. The molecule has 0 radical (unpaired) electrons. The zero-order chi connectivity index (χ0) is 13.6. The van der Waals surface area contributed by atoms with Gasteiger partial charge in [0.15, 0.2) is 0 Å². The van der Waals surface area contributed by atoms with Crippen molar-refractivity contribution in [3.05, 3.63) is 53.2 Å². The van der Waals surface area contributed by atoms with Crippen molar-refractivity contribution in [2.24, 2.45) is 0 Å². The summed E-state index contributed by atoms with van der Waals surface area (Å²) < 4.78 is 2.00. The van der Waals surface area contributed by atoms with Crippen LogP contribution in [0.3, 0.4) is 0 Å². The Labute approximate surface area is 112 Å². The molecule has 2 aromatic heterocycles. The molecule has 0 aliphatic carbocycles. The number of imidazole rings is 1. The molecule has 2 N–H and O–H groups in total. The van der Waals surface area contributed by atoms with Gasteiger partial charge in [0, 0.05) is 11.3 Å². The molecule has 0 fully saturated rings. The normalized spacial score (nSPS) is 11.1. The molecule has 3 heteroatoms. The monoisotopic (exact) mass is 251 g/mol. The van der Waals surface area contributed by atoms with Crippen molar-refractivity contribution in [2.45, 2.75) is 20.8 Å². The maximum atomic E-state index is 6.29. The van der Waals surface area contributed by atoms with E-state index >= 15 is 0 Å². The SMILES string of the molecule is Cc1cccc(-c2nc3cccc(C)n3c2N)c1C. The average Bonchev–Trinajstić information content (AvgIpc) is 2.72. The maximum Gasteiger partial charge on any atom is 0.139 e. The van der Waals surface area contributed by atoms with Gasteiger partial charge >= 0.3 is 0 Å². The van der Waals surface area contributed by atoms with E-state index in [1.165, 1.54) is 11.1 Å². The highest BCUT2D eigenvalue weighted by atomic mass is 15.1. The van der Waals surface area contributed by atoms with E-state index in [9.17, 15) is 0 Å². The quantitative estimate of drug-likeness (QED) is 0.719. The molecule has 3 nitrogen and oxygen atoms in total. The molecule has 96 valence electrons. The molecule has 0 aliphatic rings. The van der Waals surface area contributed by atoms with E-state index < -0.39 is 0 Å². The third-order valence-corrected chi connectivity index (χ3v) is 3.73. The minimum Gasteiger partial charge on any atom is -0.383 e. The Morgan fingerprint density at radius 1 is 1.00 bits per heavy atom. The smallest absolute Gasteiger partial charge is 0.139 e. The first-order chi connectivity index (χ1) is 9.09. The van der Waals surface area contributed by atoms with Gasteiger partial charge in [-0.15, -0.1) is 0 Å². The summed E-state index contributed by atoms with van der Waals surface area (Å²) in [7, 11) is 0. The minimum atomic E-state index is 0.710. The Kier molecular flexibility index (Phi) is 2.56. The van der Waals surface area contributed by atoms with Gasteiger partial charge in [0.1, 0.15) is 17.2 Å². The number of hydrogen-bond acceptors (Lipinski definition) is 2. The fourth-order valence-electron chi connectivity index (χ4n) is 2.49. The Balaban J connectivity index is 2.35. The van der Waals surface area contributed by atoms with Crippen LogP contribution in [0.1, 0.15) is 16.8 Å². The lowest BCUT2D eigenvalue weighted by Gasteiger charge is -2.07. The summed E-state index contributed by atoms with van der Waals surface area (Å²) >= 11 is 0. The third-order valence-electron chi connectivity index (χ3n) is 3.73. The molecule has 3 aromatic rings. The molecule has 3 rings (SSSR count). The zero-order valence-corrected chi connectivity index (χ0v) is 11.4. The molecule has 19 heavy (non-hydrogen) atoms. The molecule has 0 atom stereocenters. The fraction of sp³-hybridized carbons (Fsp3) is 0.188. The Morgan fingerprint density at radius 3 is 2.47 bits per heavy atom. The predicted molar refractivity (Wildman–Crippen MR) is 79.3 cm³/mol. The van der Waals surface area contributed by atoms with Crippen molar-refractivity contribution in [3.8, 4) is 11.3 Å². The van der Waals surface area contributed by atoms with Crippen LogP contribution in [-0.2, 0) is 0 Å². The van der Waals surface area contributed by atoms with Crippen LogP contribution in [0, 0.1) is 20.8 Å². The van der Waals surface area contributed by atoms with Crippen LogP contribution in [0.15, 0.2) is 36.4 Å². The van der Waals surface area contributed by atoms with Gasteiger partial charge < -0.3 is 5.73 Å². The van der Waals surface area contributed by atoms with E-state index in [0.29, 0.717) is 5.82 Å². The molecule has 0 unspecified atom stereocenters. The fourth-order valence-corrected chi connectivity index (χ4v) is 2.49. The second-order valence-electron chi connectivity index (χ2n) is 4.95. The molecule has 1 aromatic carbocycles. The van der Waals surface area contributed by atoms with Gasteiger partial charge in [-0.2, -0.15) is 0 Å². The van der Waals surface area contributed by atoms with E-state index in [4.69, 9.17) is 5.73 Å². The summed E-state index contributed by atoms with van der Waals surface area (Å²) in [6.07, 6.45) is 0. The third kappa shape index (κ3) is 1.70. The lowest BCUT2D eigenvalue weighted by molar-refractivity contribution is 1.10. The Hall–Kier alpha value is -2.29. The molecule has 0 amide bonds. The Bertz CT molecular complexity index is 769. The van der Waals surface area contributed by atoms with Crippen molar-refractivity contribution in [3.63, 3.8) is 0 Å². The van der Waals surface area contributed by atoms with Gasteiger partial charge in [0.25, 0.3) is 0 Å². The summed E-state index contributed by atoms with van der Waals surface area (Å²) in [5.74, 6) is 0.710. The van der Waals surface area contributed by atoms with Crippen LogP contribution in [-0.4, -0.2) is 9.38 Å². The lowest BCUT2D eigenvalue weighted by atomic mass is 10.0. The summed E-state index contributed by atoms with van der Waals surface area (Å²) in [6.45, 7) is 6.26. The largest absolute Gasteiger partial charge is 0.383 e. The lowest BCUT2D eigenvalue weighted by Crippen LogP contribution is -1.98. The van der Waals surface area contributed by atoms with Gasteiger partial charge in [0.2, 0.25) is 0 Å². The second kappa shape index (κ2) is 4.12. The molecule has 0 aliphatic heterocycles. The molecule has 0 saturated carbocycles. The van der Waals surface area contributed by atoms with Crippen molar-refractivity contribution in [2.75, 3.05) is 5.73 Å². The van der Waals surface area contributed by atoms with Crippen LogP contribution >= 0.6 is 0 Å². The number of rotatable bonds is 1. The van der Waals surface area contributed by atoms with Crippen molar-refractivity contribution in [1.82, 2.24) is 9.38 Å². The van der Waals surface area contributed by atoms with Crippen LogP contribution in [0.25, 0.3) is 16.9 Å². The first kappa shape index (κ1) is 11.8. The van der Waals surface area contributed by atoms with Gasteiger partial charge in [-0.1, -0.05) is 24.3 Å². The summed E-state index contributed by atoms with van der Waals surface area (Å²) in [6, 6.07) is 12.3. The van der Waals surface area contributed by atoms with E-state index in [1.807, 2.05) is 35.6 Å². The molecular weight excluding hydrogens is 234 g/mol. The number of anilines is 1. The molecule has 0 bridgehead atoms. The van der Waals surface area contributed by atoms with Gasteiger partial charge in [-0.05, 0) is 44.0 Å². The molecule has 0 spiro atoms. The van der Waals surface area contributed by atoms with Crippen LogP contribution in [0.5, 0.6) is 0 Å². The first-order valence-corrected chi connectivity index (χ1v) is 6.39. The topological polar surface area (TPSA) is 43.3 Å². The highest BCUT2D eigenvalue weighted by molar-refractivity contribution is 5.77. The predicted octanol–water partition coefficient (Wildman–Crippen LogP) is 3.51. The van der Waals surface area contributed by atoms with Crippen LogP contribution < -0.4 is 5.73 Å². The standard InChI is InChI=1S/C16H17N3/c1-10-6-4-8-13(12(10)3)15-16(17)19-11(2)7-5-9-14(19)18-15/h4-9H,17H2,1-3H3. The molecular formula is C16H17N3. The van der Waals surface area contributed by atoms with Gasteiger partial charge in [-0.25, -0.2) is 4.98 Å². The van der Waals surface area contributed by atoms with E-state index in [-0.39, 0.29) is 0 Å².